The Labute approximate surface area is 168 Å². The molecule has 0 saturated carbocycles. The molecule has 1 aliphatic rings. The van der Waals surface area contributed by atoms with Gasteiger partial charge in [-0.05, 0) is 18.6 Å². The van der Waals surface area contributed by atoms with Gasteiger partial charge >= 0.3 is 0 Å². The fourth-order valence-electron chi connectivity index (χ4n) is 2.88. The van der Waals surface area contributed by atoms with Crippen molar-refractivity contribution in [3.8, 4) is 0 Å². The Balaban J connectivity index is 0.00000225. The lowest BCUT2D eigenvalue weighted by Crippen LogP contribution is -2.38. The molecule has 0 saturated heterocycles. The van der Waals surface area contributed by atoms with Crippen molar-refractivity contribution in [2.45, 2.75) is 32.5 Å². The van der Waals surface area contributed by atoms with Gasteiger partial charge in [0.25, 0.3) is 0 Å². The van der Waals surface area contributed by atoms with Gasteiger partial charge in [0.05, 0.1) is 6.54 Å². The number of fused-ring (bicyclic) bond motifs is 1. The summed E-state index contributed by atoms with van der Waals surface area (Å²) < 4.78 is 16.1. The molecule has 0 spiro atoms. The smallest absolute Gasteiger partial charge is 0.194 e. The van der Waals surface area contributed by atoms with Gasteiger partial charge in [0.2, 0.25) is 0 Å². The maximum Gasteiger partial charge on any atom is 0.194 e. The number of halogens is 3. The van der Waals surface area contributed by atoms with Crippen molar-refractivity contribution in [3.63, 3.8) is 0 Å². The van der Waals surface area contributed by atoms with Crippen LogP contribution in [0.25, 0.3) is 0 Å². The van der Waals surface area contributed by atoms with E-state index >= 15 is 0 Å². The summed E-state index contributed by atoms with van der Waals surface area (Å²) in [5, 5.41) is 12.1. The fourth-order valence-corrected chi connectivity index (χ4v) is 3.10. The van der Waals surface area contributed by atoms with E-state index in [1.54, 1.807) is 19.2 Å². The first kappa shape index (κ1) is 19.9. The second-order valence-electron chi connectivity index (χ2n) is 5.74. The van der Waals surface area contributed by atoms with Crippen molar-refractivity contribution < 1.29 is 4.39 Å². The summed E-state index contributed by atoms with van der Waals surface area (Å²) in [6.07, 6.45) is 2.09. The monoisotopic (exact) mass is 478 g/mol. The summed E-state index contributed by atoms with van der Waals surface area (Å²) >= 11 is 6.10. The Morgan fingerprint density at radius 2 is 2.24 bits per heavy atom. The summed E-state index contributed by atoms with van der Waals surface area (Å²) in [7, 11) is 3.53. The number of aromatic nitrogens is 3. The van der Waals surface area contributed by atoms with Crippen molar-refractivity contribution in [2.75, 3.05) is 14.1 Å². The summed E-state index contributed by atoms with van der Waals surface area (Å²) in [5.74, 6) is 2.25. The minimum absolute atomic E-state index is 0. The number of benzene rings is 1. The lowest BCUT2D eigenvalue weighted by Gasteiger charge is -2.22. The Hall–Kier alpha value is -1.42. The highest BCUT2D eigenvalue weighted by Crippen LogP contribution is 2.20. The molecule has 2 aromatic rings. The van der Waals surface area contributed by atoms with Gasteiger partial charge in [-0.25, -0.2) is 4.39 Å². The average molecular weight is 479 g/mol. The molecule has 3 rings (SSSR count). The van der Waals surface area contributed by atoms with E-state index in [9.17, 15) is 4.39 Å². The first-order valence-corrected chi connectivity index (χ1v) is 8.23. The van der Waals surface area contributed by atoms with Gasteiger partial charge in [-0.1, -0.05) is 17.7 Å². The van der Waals surface area contributed by atoms with Crippen LogP contribution in [0.3, 0.4) is 0 Å². The lowest BCUT2D eigenvalue weighted by molar-refractivity contribution is 0.458. The Morgan fingerprint density at radius 1 is 1.44 bits per heavy atom. The molecule has 0 bridgehead atoms. The number of hydrogen-bond donors (Lipinski definition) is 1. The molecular formula is C16H21ClFIN6. The Kier molecular flexibility index (Phi) is 7.00. The van der Waals surface area contributed by atoms with Crippen LogP contribution in [0.1, 0.15) is 23.6 Å². The van der Waals surface area contributed by atoms with E-state index in [2.05, 4.69) is 25.1 Å². The maximum atomic E-state index is 13.9. The van der Waals surface area contributed by atoms with Crippen molar-refractivity contribution in [1.82, 2.24) is 25.0 Å². The molecule has 0 atom stereocenters. The molecule has 1 aliphatic heterocycles. The number of aryl methyl sites for hydroxylation is 1. The van der Waals surface area contributed by atoms with Crippen LogP contribution in [0.4, 0.5) is 4.39 Å². The van der Waals surface area contributed by atoms with Gasteiger partial charge < -0.3 is 14.8 Å². The minimum atomic E-state index is -0.319. The van der Waals surface area contributed by atoms with E-state index in [0.29, 0.717) is 29.6 Å². The summed E-state index contributed by atoms with van der Waals surface area (Å²) in [4.78, 5) is 6.07. The molecule has 136 valence electrons. The van der Waals surface area contributed by atoms with E-state index in [1.165, 1.54) is 6.07 Å². The van der Waals surface area contributed by atoms with Crippen molar-refractivity contribution in [2.24, 2.45) is 4.99 Å². The van der Waals surface area contributed by atoms with Gasteiger partial charge in [0.15, 0.2) is 11.8 Å². The standard InChI is InChI=1S/C16H20ClFN6.HI/c1-19-16(20-9-15-22-21-14-7-4-8-24(14)15)23(2)10-11-12(17)5-3-6-13(11)18;/h3,5-6H,4,7-10H2,1-2H3,(H,19,20);1H. The molecule has 1 aromatic carbocycles. The first-order chi connectivity index (χ1) is 11.6. The molecule has 9 heteroatoms. The number of aliphatic imine (C=N–C) groups is 1. The van der Waals surface area contributed by atoms with Crippen molar-refractivity contribution in [3.05, 3.63) is 46.3 Å². The van der Waals surface area contributed by atoms with E-state index in [0.717, 1.165) is 31.0 Å². The second kappa shape index (κ2) is 8.79. The molecule has 1 aromatic heterocycles. The summed E-state index contributed by atoms with van der Waals surface area (Å²) in [6, 6.07) is 4.69. The Morgan fingerprint density at radius 3 is 2.96 bits per heavy atom. The zero-order chi connectivity index (χ0) is 17.1. The van der Waals surface area contributed by atoms with E-state index in [-0.39, 0.29) is 29.8 Å². The highest BCUT2D eigenvalue weighted by atomic mass is 127. The molecule has 2 heterocycles. The fraction of sp³-hybridized carbons (Fsp3) is 0.438. The van der Waals surface area contributed by atoms with Crippen LogP contribution in [0.15, 0.2) is 23.2 Å². The highest BCUT2D eigenvalue weighted by molar-refractivity contribution is 14.0. The molecule has 1 N–H and O–H groups in total. The van der Waals surface area contributed by atoms with Crippen molar-refractivity contribution in [1.29, 1.82) is 0 Å². The normalized spacial score (nSPS) is 13.4. The topological polar surface area (TPSA) is 58.3 Å². The number of nitrogens with zero attached hydrogens (tertiary/aromatic N) is 5. The quantitative estimate of drug-likeness (QED) is 0.417. The molecule has 0 fully saturated rings. The number of guanidine groups is 1. The molecule has 6 nitrogen and oxygen atoms in total. The largest absolute Gasteiger partial charge is 0.349 e. The first-order valence-electron chi connectivity index (χ1n) is 7.85. The third kappa shape index (κ3) is 4.41. The second-order valence-corrected chi connectivity index (χ2v) is 6.15. The maximum absolute atomic E-state index is 13.9. The molecule has 0 unspecified atom stereocenters. The molecule has 0 aliphatic carbocycles. The van der Waals surface area contributed by atoms with Crippen LogP contribution in [-0.4, -0.2) is 39.7 Å². The summed E-state index contributed by atoms with van der Waals surface area (Å²) in [5.41, 5.74) is 0.452. The number of nitrogens with one attached hydrogen (secondary N) is 1. The van der Waals surface area contributed by atoms with Crippen LogP contribution in [0.5, 0.6) is 0 Å². The number of hydrogen-bond acceptors (Lipinski definition) is 3. The SMILES string of the molecule is CN=C(NCc1nnc2n1CCC2)N(C)Cc1c(F)cccc1Cl.I. The van der Waals surface area contributed by atoms with Gasteiger partial charge in [-0.15, -0.1) is 34.2 Å². The van der Waals surface area contributed by atoms with Crippen LogP contribution in [0, 0.1) is 5.82 Å². The molecule has 25 heavy (non-hydrogen) atoms. The highest BCUT2D eigenvalue weighted by Gasteiger charge is 2.18. The third-order valence-corrected chi connectivity index (χ3v) is 4.48. The third-order valence-electron chi connectivity index (χ3n) is 4.12. The van der Waals surface area contributed by atoms with E-state index in [1.807, 2.05) is 11.9 Å². The average Bonchev–Trinajstić information content (AvgIpc) is 3.16. The van der Waals surface area contributed by atoms with Crippen molar-refractivity contribution >= 4 is 41.5 Å². The Bertz CT molecular complexity index is 743. The lowest BCUT2D eigenvalue weighted by atomic mass is 10.2. The van der Waals surface area contributed by atoms with E-state index in [4.69, 9.17) is 11.6 Å². The molecule has 0 radical (unpaired) electrons. The van der Waals surface area contributed by atoms with Gasteiger partial charge in [0, 0.05) is 44.2 Å². The van der Waals surface area contributed by atoms with Crippen LogP contribution in [-0.2, 0) is 26.1 Å². The number of rotatable bonds is 4. The van der Waals surface area contributed by atoms with Gasteiger partial charge in [0.1, 0.15) is 11.6 Å². The predicted molar refractivity (Wildman–Crippen MR) is 107 cm³/mol. The minimum Gasteiger partial charge on any atom is -0.349 e. The van der Waals surface area contributed by atoms with Crippen LogP contribution in [0.2, 0.25) is 5.02 Å². The molecular weight excluding hydrogens is 458 g/mol. The predicted octanol–water partition coefficient (Wildman–Crippen LogP) is 2.84. The van der Waals surface area contributed by atoms with Crippen LogP contribution < -0.4 is 5.32 Å². The van der Waals surface area contributed by atoms with Crippen LogP contribution >= 0.6 is 35.6 Å². The van der Waals surface area contributed by atoms with Gasteiger partial charge in [-0.2, -0.15) is 0 Å². The molecule has 0 amide bonds. The van der Waals surface area contributed by atoms with Gasteiger partial charge in [-0.3, -0.25) is 4.99 Å². The zero-order valence-electron chi connectivity index (χ0n) is 14.2. The van der Waals surface area contributed by atoms with E-state index < -0.39 is 0 Å². The summed E-state index contributed by atoms with van der Waals surface area (Å²) in [6.45, 7) is 1.80. The zero-order valence-corrected chi connectivity index (χ0v) is 17.3.